The van der Waals surface area contributed by atoms with Crippen LogP contribution in [0.5, 0.6) is 5.75 Å². The summed E-state index contributed by atoms with van der Waals surface area (Å²) in [6.07, 6.45) is 6.57. The molecule has 2 bridgehead atoms. The summed E-state index contributed by atoms with van der Waals surface area (Å²) in [6, 6.07) is 6.22. The summed E-state index contributed by atoms with van der Waals surface area (Å²) < 4.78 is 26.2. The number of aromatic nitrogens is 2. The Balaban J connectivity index is 1.74. The Morgan fingerprint density at radius 3 is 2.82 bits per heavy atom. The molecule has 3 heterocycles. The molecule has 1 aliphatic carbocycles. The van der Waals surface area contributed by atoms with Gasteiger partial charge in [0.05, 0.1) is 17.0 Å². The van der Waals surface area contributed by atoms with Crippen LogP contribution in [-0.4, -0.2) is 22.9 Å². The lowest BCUT2D eigenvalue weighted by Crippen LogP contribution is -2.17. The number of rotatable bonds is 2. The zero-order valence-corrected chi connectivity index (χ0v) is 18.6. The van der Waals surface area contributed by atoms with Crippen LogP contribution in [0.3, 0.4) is 0 Å². The van der Waals surface area contributed by atoms with Crippen LogP contribution < -0.4 is 15.8 Å². The number of halogens is 1. The molecule has 4 N–H and O–H groups in total. The zero-order valence-electron chi connectivity index (χ0n) is 18.6. The smallest absolute Gasteiger partial charge is 0.166 e. The van der Waals surface area contributed by atoms with Gasteiger partial charge in [-0.25, -0.2) is 9.37 Å². The molecule has 1 atom stereocenters. The van der Waals surface area contributed by atoms with E-state index in [9.17, 15) is 4.39 Å². The first-order valence-electron chi connectivity index (χ1n) is 11.1. The van der Waals surface area contributed by atoms with Crippen molar-refractivity contribution in [2.45, 2.75) is 44.6 Å². The van der Waals surface area contributed by atoms with Gasteiger partial charge in [0.1, 0.15) is 17.7 Å². The number of fused-ring (bicyclic) bond motifs is 5. The highest BCUT2D eigenvalue weighted by Crippen LogP contribution is 2.44. The van der Waals surface area contributed by atoms with Crippen molar-refractivity contribution < 1.29 is 13.7 Å². The number of hydrogen-bond acceptors (Lipinski definition) is 7. The third-order valence-corrected chi connectivity index (χ3v) is 6.47. The first kappa shape index (κ1) is 21.2. The Bertz CT molecular complexity index is 1260. The summed E-state index contributed by atoms with van der Waals surface area (Å²) in [5, 5.41) is 16.4. The van der Waals surface area contributed by atoms with Crippen molar-refractivity contribution >= 4 is 11.5 Å². The van der Waals surface area contributed by atoms with Crippen LogP contribution in [0, 0.1) is 11.2 Å². The van der Waals surface area contributed by atoms with E-state index in [1.54, 1.807) is 25.5 Å². The molecule has 0 saturated heterocycles. The predicted octanol–water partition coefficient (Wildman–Crippen LogP) is 4.89. The molecular formula is C25H26FN5O2. The van der Waals surface area contributed by atoms with Gasteiger partial charge in [0.2, 0.25) is 0 Å². The average Bonchev–Trinajstić information content (AvgIpc) is 3.15. The molecule has 5 rings (SSSR count). The molecule has 2 aliphatic rings. The summed E-state index contributed by atoms with van der Waals surface area (Å²) in [5.41, 5.74) is 10.8. The minimum atomic E-state index is -0.557. The predicted molar refractivity (Wildman–Crippen MR) is 124 cm³/mol. The number of nitrogen functional groups attached to an aromatic ring is 1. The van der Waals surface area contributed by atoms with E-state index in [0.29, 0.717) is 40.5 Å². The molecule has 1 aliphatic heterocycles. The second-order valence-electron chi connectivity index (χ2n) is 8.60. The lowest BCUT2D eigenvalue weighted by Gasteiger charge is -2.25. The first-order chi connectivity index (χ1) is 16.0. The fraction of sp³-hybridized carbons (Fsp3) is 0.320. The van der Waals surface area contributed by atoms with Crippen LogP contribution in [0.1, 0.15) is 60.8 Å². The Kier molecular flexibility index (Phi) is 5.36. The van der Waals surface area contributed by atoms with Crippen molar-refractivity contribution in [3.05, 3.63) is 70.6 Å². The second kappa shape index (κ2) is 8.35. The number of allylic oxidation sites excluding steroid dienone is 1. The number of nitrogens with one attached hydrogen (secondary N) is 2. The average molecular weight is 448 g/mol. The van der Waals surface area contributed by atoms with Crippen molar-refractivity contribution in [1.29, 1.82) is 5.41 Å². The summed E-state index contributed by atoms with van der Waals surface area (Å²) in [4.78, 5) is 4.37. The lowest BCUT2D eigenvalue weighted by atomic mass is 9.80. The molecule has 0 radical (unpaired) electrons. The molecule has 33 heavy (non-hydrogen) atoms. The summed E-state index contributed by atoms with van der Waals surface area (Å²) in [6.45, 7) is 1.81. The van der Waals surface area contributed by atoms with Crippen LogP contribution in [0.4, 0.5) is 10.2 Å². The topological polar surface area (TPSA) is 110 Å². The van der Waals surface area contributed by atoms with Crippen LogP contribution >= 0.6 is 0 Å². The number of nitrogens with two attached hydrogens (primary N) is 1. The highest BCUT2D eigenvalue weighted by molar-refractivity contribution is 6.11. The van der Waals surface area contributed by atoms with Crippen molar-refractivity contribution in [3.8, 4) is 16.9 Å². The Labute approximate surface area is 191 Å². The lowest BCUT2D eigenvalue weighted by molar-refractivity contribution is 0.227. The SMILES string of the molecule is CN/C=C1/Cc2onc(C3CCC3)c2-c2cnc(N)c(c2)OC(C)c2cc(F)ccc2C1=N. The normalized spacial score (nSPS) is 19.5. The minimum Gasteiger partial charge on any atom is -0.482 e. The maximum Gasteiger partial charge on any atom is 0.166 e. The molecule has 1 aromatic carbocycles. The van der Waals surface area contributed by atoms with Gasteiger partial charge in [0.25, 0.3) is 0 Å². The van der Waals surface area contributed by atoms with Gasteiger partial charge in [0, 0.05) is 54.0 Å². The third kappa shape index (κ3) is 3.75. The molecule has 170 valence electrons. The molecular weight excluding hydrogens is 421 g/mol. The van der Waals surface area contributed by atoms with E-state index in [1.165, 1.54) is 18.6 Å². The van der Waals surface area contributed by atoms with E-state index in [1.807, 2.05) is 13.0 Å². The van der Waals surface area contributed by atoms with Gasteiger partial charge >= 0.3 is 0 Å². The number of benzene rings is 1. The molecule has 8 heteroatoms. The molecule has 1 saturated carbocycles. The van der Waals surface area contributed by atoms with Crippen molar-refractivity contribution in [1.82, 2.24) is 15.5 Å². The zero-order chi connectivity index (χ0) is 23.1. The third-order valence-electron chi connectivity index (χ3n) is 6.47. The van der Waals surface area contributed by atoms with E-state index in [4.69, 9.17) is 20.4 Å². The molecule has 7 nitrogen and oxygen atoms in total. The van der Waals surface area contributed by atoms with Gasteiger partial charge in [-0.3, -0.25) is 5.41 Å². The fourth-order valence-electron chi connectivity index (χ4n) is 4.50. The Morgan fingerprint density at radius 2 is 2.09 bits per heavy atom. The monoisotopic (exact) mass is 447 g/mol. The summed E-state index contributed by atoms with van der Waals surface area (Å²) >= 11 is 0. The van der Waals surface area contributed by atoms with Crippen LogP contribution in [0.25, 0.3) is 11.1 Å². The van der Waals surface area contributed by atoms with E-state index in [0.717, 1.165) is 29.7 Å². The molecule has 3 aromatic rings. The number of pyridine rings is 1. The minimum absolute atomic E-state index is 0.245. The largest absolute Gasteiger partial charge is 0.482 e. The number of hydrogen-bond donors (Lipinski definition) is 3. The Hall–Kier alpha value is -3.68. The molecule has 1 unspecified atom stereocenters. The van der Waals surface area contributed by atoms with Gasteiger partial charge in [-0.05, 0) is 44.0 Å². The fourth-order valence-corrected chi connectivity index (χ4v) is 4.50. The quantitative estimate of drug-likeness (QED) is 0.516. The van der Waals surface area contributed by atoms with Crippen LogP contribution in [0.2, 0.25) is 0 Å². The Morgan fingerprint density at radius 1 is 1.27 bits per heavy atom. The highest BCUT2D eigenvalue weighted by atomic mass is 19.1. The molecule has 0 spiro atoms. The summed E-state index contributed by atoms with van der Waals surface area (Å²) in [5.74, 6) is 1.24. The van der Waals surface area contributed by atoms with Crippen LogP contribution in [0.15, 0.2) is 46.8 Å². The standard InChI is InChI=1S/C25H26FN5O2/c1-13-19-10-17(26)6-7-18(19)23(27)16(11-29-2)9-20-22(24(31-33-20)14-4-3-5-14)15-8-21(32-13)25(28)30-12-15/h6-8,10-14,27,29H,3-5,9H2,1-2H3,(H2,28,30)/b16-11-,27-23?. The number of ether oxygens (including phenoxy) is 1. The van der Waals surface area contributed by atoms with E-state index >= 15 is 0 Å². The van der Waals surface area contributed by atoms with Gasteiger partial charge < -0.3 is 20.3 Å². The molecule has 1 fully saturated rings. The van der Waals surface area contributed by atoms with E-state index in [-0.39, 0.29) is 11.5 Å². The van der Waals surface area contributed by atoms with Crippen molar-refractivity contribution in [2.24, 2.45) is 0 Å². The van der Waals surface area contributed by atoms with Crippen LogP contribution in [-0.2, 0) is 6.42 Å². The highest BCUT2D eigenvalue weighted by Gasteiger charge is 2.31. The van der Waals surface area contributed by atoms with E-state index in [2.05, 4.69) is 15.5 Å². The number of nitrogens with zero attached hydrogens (tertiary/aromatic N) is 2. The molecule has 2 aromatic heterocycles. The summed E-state index contributed by atoms with van der Waals surface area (Å²) in [7, 11) is 1.78. The van der Waals surface area contributed by atoms with Gasteiger partial charge in [-0.15, -0.1) is 0 Å². The van der Waals surface area contributed by atoms with Crippen molar-refractivity contribution in [2.75, 3.05) is 12.8 Å². The molecule has 0 amide bonds. The van der Waals surface area contributed by atoms with Gasteiger partial charge in [-0.2, -0.15) is 0 Å². The van der Waals surface area contributed by atoms with Gasteiger partial charge in [0.15, 0.2) is 11.6 Å². The maximum absolute atomic E-state index is 14.2. The number of anilines is 1. The van der Waals surface area contributed by atoms with Gasteiger partial charge in [-0.1, -0.05) is 11.6 Å². The van der Waals surface area contributed by atoms with Crippen molar-refractivity contribution in [3.63, 3.8) is 0 Å². The van der Waals surface area contributed by atoms with E-state index < -0.39 is 11.9 Å². The first-order valence-corrected chi connectivity index (χ1v) is 11.1. The maximum atomic E-state index is 14.2. The second-order valence-corrected chi connectivity index (χ2v) is 8.60.